The van der Waals surface area contributed by atoms with Crippen LogP contribution >= 0.6 is 0 Å². The van der Waals surface area contributed by atoms with Crippen LogP contribution in [0.3, 0.4) is 0 Å². The van der Waals surface area contributed by atoms with Crippen LogP contribution in [0.4, 0.5) is 5.69 Å². The minimum Gasteiger partial charge on any atom is -0.455 e. The summed E-state index contributed by atoms with van der Waals surface area (Å²) in [6, 6.07) is 17.4. The molecular weight excluding hydrogens is 354 g/mol. The van der Waals surface area contributed by atoms with Crippen molar-refractivity contribution >= 4 is 11.6 Å². The van der Waals surface area contributed by atoms with E-state index in [1.54, 1.807) is 25.1 Å². The van der Waals surface area contributed by atoms with E-state index in [4.69, 9.17) is 4.74 Å². The van der Waals surface area contributed by atoms with Crippen LogP contribution in [0.1, 0.15) is 30.6 Å². The number of aromatic nitrogens is 2. The fourth-order valence-electron chi connectivity index (χ4n) is 3.32. The van der Waals surface area contributed by atoms with Crippen molar-refractivity contribution in [3.63, 3.8) is 0 Å². The monoisotopic (exact) mass is 375 g/mol. The van der Waals surface area contributed by atoms with Gasteiger partial charge in [-0.3, -0.25) is 9.59 Å². The number of rotatable bonds is 5. The first kappa shape index (κ1) is 18.0. The maximum absolute atomic E-state index is 12.8. The van der Waals surface area contributed by atoms with Crippen molar-refractivity contribution in [3.05, 3.63) is 82.3 Å². The zero-order chi connectivity index (χ0) is 19.5. The lowest BCUT2D eigenvalue weighted by molar-refractivity contribution is -0.119. The van der Waals surface area contributed by atoms with Gasteiger partial charge in [0.1, 0.15) is 11.8 Å². The molecule has 6 heteroatoms. The highest BCUT2D eigenvalue weighted by molar-refractivity contribution is 5.94. The molecule has 28 heavy (non-hydrogen) atoms. The average Bonchev–Trinajstić information content (AvgIpc) is 3.16. The molecule has 1 aliphatic carbocycles. The summed E-state index contributed by atoms with van der Waals surface area (Å²) in [4.78, 5) is 25.2. The summed E-state index contributed by atoms with van der Waals surface area (Å²) in [5.74, 6) is 0.883. The van der Waals surface area contributed by atoms with Crippen molar-refractivity contribution in [1.82, 2.24) is 9.78 Å². The Kier molecular flexibility index (Phi) is 4.93. The fourth-order valence-corrected chi connectivity index (χ4v) is 3.32. The van der Waals surface area contributed by atoms with Crippen LogP contribution in [0.15, 0.2) is 65.5 Å². The summed E-state index contributed by atoms with van der Waals surface area (Å²) < 4.78 is 7.15. The van der Waals surface area contributed by atoms with Gasteiger partial charge in [0.25, 0.3) is 5.56 Å². The van der Waals surface area contributed by atoms with Crippen LogP contribution in [-0.4, -0.2) is 15.7 Å². The van der Waals surface area contributed by atoms with Crippen molar-refractivity contribution in [2.45, 2.75) is 32.2 Å². The predicted molar refractivity (Wildman–Crippen MR) is 107 cm³/mol. The SMILES string of the molecule is CC(C(=O)Nc1ccccc1Oc1ccccc1)n1nc2c(cc1=O)CCC2. The lowest BCUT2D eigenvalue weighted by Gasteiger charge is -2.17. The molecule has 142 valence electrons. The standard InChI is InChI=1S/C22H21N3O3/c1-15(25-21(26)14-16-8-7-12-18(16)24-25)22(27)23-19-11-5-6-13-20(19)28-17-9-3-2-4-10-17/h2-6,9-11,13-15H,7-8,12H2,1H3,(H,23,27). The Morgan fingerprint density at radius 3 is 2.68 bits per heavy atom. The largest absolute Gasteiger partial charge is 0.455 e. The molecule has 1 heterocycles. The van der Waals surface area contributed by atoms with Crippen LogP contribution in [0, 0.1) is 0 Å². The lowest BCUT2D eigenvalue weighted by atomic mass is 10.2. The Morgan fingerprint density at radius 1 is 1.11 bits per heavy atom. The Morgan fingerprint density at radius 2 is 1.86 bits per heavy atom. The van der Waals surface area contributed by atoms with Crippen LogP contribution in [0.5, 0.6) is 11.5 Å². The van der Waals surface area contributed by atoms with Gasteiger partial charge in [0.05, 0.1) is 11.4 Å². The molecule has 1 unspecified atom stereocenters. The van der Waals surface area contributed by atoms with E-state index in [-0.39, 0.29) is 11.5 Å². The number of nitrogens with one attached hydrogen (secondary N) is 1. The second-order valence-electron chi connectivity index (χ2n) is 6.83. The van der Waals surface area contributed by atoms with Gasteiger partial charge in [-0.25, -0.2) is 4.68 Å². The molecule has 1 aromatic heterocycles. The highest BCUT2D eigenvalue weighted by Crippen LogP contribution is 2.29. The molecule has 1 aliphatic rings. The van der Waals surface area contributed by atoms with Gasteiger partial charge in [0.2, 0.25) is 5.91 Å². The molecule has 0 fully saturated rings. The molecule has 2 aromatic carbocycles. The summed E-state index contributed by atoms with van der Waals surface area (Å²) in [6.45, 7) is 1.67. The zero-order valence-corrected chi connectivity index (χ0v) is 15.6. The first-order valence-electron chi connectivity index (χ1n) is 9.36. The van der Waals surface area contributed by atoms with E-state index in [9.17, 15) is 9.59 Å². The number of carbonyl (C=O) groups is 1. The predicted octanol–water partition coefficient (Wildman–Crippen LogP) is 3.72. The molecule has 1 N–H and O–H groups in total. The van der Waals surface area contributed by atoms with Gasteiger partial charge in [-0.2, -0.15) is 5.10 Å². The second-order valence-corrected chi connectivity index (χ2v) is 6.83. The number of fused-ring (bicyclic) bond motifs is 1. The summed E-state index contributed by atoms with van der Waals surface area (Å²) >= 11 is 0. The molecule has 0 radical (unpaired) electrons. The van der Waals surface area contributed by atoms with E-state index in [1.807, 2.05) is 42.5 Å². The fraction of sp³-hybridized carbons (Fsp3) is 0.227. The van der Waals surface area contributed by atoms with E-state index in [2.05, 4.69) is 10.4 Å². The summed E-state index contributed by atoms with van der Waals surface area (Å²) in [6.07, 6.45) is 2.72. The third kappa shape index (κ3) is 3.67. The van der Waals surface area contributed by atoms with E-state index in [1.165, 1.54) is 4.68 Å². The maximum Gasteiger partial charge on any atom is 0.267 e. The van der Waals surface area contributed by atoms with E-state index in [0.717, 1.165) is 30.5 Å². The molecular formula is C22H21N3O3. The number of ether oxygens (including phenoxy) is 1. The van der Waals surface area contributed by atoms with Crippen LogP contribution in [0.25, 0.3) is 0 Å². The van der Waals surface area contributed by atoms with Gasteiger partial charge in [-0.15, -0.1) is 0 Å². The van der Waals surface area contributed by atoms with Gasteiger partial charge >= 0.3 is 0 Å². The minimum atomic E-state index is -0.733. The quantitative estimate of drug-likeness (QED) is 0.738. The van der Waals surface area contributed by atoms with Crippen molar-refractivity contribution in [2.24, 2.45) is 0 Å². The molecule has 0 bridgehead atoms. The number of hydrogen-bond acceptors (Lipinski definition) is 4. The summed E-state index contributed by atoms with van der Waals surface area (Å²) in [7, 11) is 0. The Hall–Kier alpha value is -3.41. The number of aryl methyl sites for hydroxylation is 2. The van der Waals surface area contributed by atoms with Gasteiger partial charge in [-0.1, -0.05) is 30.3 Å². The molecule has 4 rings (SSSR count). The Bertz CT molecular complexity index is 1060. The lowest BCUT2D eigenvalue weighted by Crippen LogP contribution is -2.34. The molecule has 3 aromatic rings. The van der Waals surface area contributed by atoms with Gasteiger partial charge in [0, 0.05) is 6.07 Å². The highest BCUT2D eigenvalue weighted by atomic mass is 16.5. The summed E-state index contributed by atoms with van der Waals surface area (Å²) in [5, 5.41) is 7.28. The smallest absolute Gasteiger partial charge is 0.267 e. The number of anilines is 1. The Balaban J connectivity index is 1.55. The maximum atomic E-state index is 12.8. The number of para-hydroxylation sites is 3. The number of carbonyl (C=O) groups excluding carboxylic acids is 1. The third-order valence-corrected chi connectivity index (χ3v) is 4.84. The third-order valence-electron chi connectivity index (χ3n) is 4.84. The van der Waals surface area contributed by atoms with Gasteiger partial charge in [-0.05, 0) is 56.0 Å². The van der Waals surface area contributed by atoms with Crippen LogP contribution in [-0.2, 0) is 17.6 Å². The minimum absolute atomic E-state index is 0.253. The molecule has 1 amide bonds. The van der Waals surface area contributed by atoms with Crippen molar-refractivity contribution in [1.29, 1.82) is 0 Å². The zero-order valence-electron chi connectivity index (χ0n) is 15.6. The molecule has 6 nitrogen and oxygen atoms in total. The average molecular weight is 375 g/mol. The van der Waals surface area contributed by atoms with Crippen LogP contribution in [0.2, 0.25) is 0 Å². The van der Waals surface area contributed by atoms with Gasteiger partial charge in [0.15, 0.2) is 5.75 Å². The Labute approximate surface area is 162 Å². The molecule has 0 aliphatic heterocycles. The van der Waals surface area contributed by atoms with E-state index in [0.29, 0.717) is 17.2 Å². The normalized spacial score (nSPS) is 13.6. The molecule has 0 saturated carbocycles. The second kappa shape index (κ2) is 7.68. The first-order valence-corrected chi connectivity index (χ1v) is 9.36. The molecule has 0 saturated heterocycles. The van der Waals surface area contributed by atoms with Crippen molar-refractivity contribution in [2.75, 3.05) is 5.32 Å². The van der Waals surface area contributed by atoms with Crippen LogP contribution < -0.4 is 15.6 Å². The number of benzene rings is 2. The number of amides is 1. The van der Waals surface area contributed by atoms with Crippen molar-refractivity contribution in [3.8, 4) is 11.5 Å². The first-order chi connectivity index (χ1) is 13.6. The topological polar surface area (TPSA) is 73.2 Å². The number of nitrogens with zero attached hydrogens (tertiary/aromatic N) is 2. The molecule has 0 spiro atoms. The van der Waals surface area contributed by atoms with E-state index >= 15 is 0 Å². The van der Waals surface area contributed by atoms with Gasteiger partial charge < -0.3 is 10.1 Å². The highest BCUT2D eigenvalue weighted by Gasteiger charge is 2.22. The summed E-state index contributed by atoms with van der Waals surface area (Å²) in [5.41, 5.74) is 2.19. The molecule has 1 atom stereocenters. The van der Waals surface area contributed by atoms with E-state index < -0.39 is 6.04 Å². The number of hydrogen-bond donors (Lipinski definition) is 1. The van der Waals surface area contributed by atoms with Crippen molar-refractivity contribution < 1.29 is 9.53 Å².